The number of hydrogen-bond donors (Lipinski definition) is 4. The zero-order valence-corrected chi connectivity index (χ0v) is 6.32. The third kappa shape index (κ3) is 5.18. The normalized spacial score (nSPS) is 8.38. The first-order valence-electron chi connectivity index (χ1n) is 2.92. The summed E-state index contributed by atoms with van der Waals surface area (Å²) >= 11 is 0. The van der Waals surface area contributed by atoms with Gasteiger partial charge >= 0.3 is 11.8 Å². The van der Waals surface area contributed by atoms with Crippen LogP contribution in [0.4, 0.5) is 15.0 Å². The Morgan fingerprint density at radius 3 is 2.46 bits per heavy atom. The fourth-order valence-electron chi connectivity index (χ4n) is 0.394. The Bertz CT molecular complexity index is 346. The fraction of sp³-hybridized carbons (Fsp3) is 0. The van der Waals surface area contributed by atoms with Crippen molar-refractivity contribution in [1.29, 1.82) is 0 Å². The first-order valence-corrected chi connectivity index (χ1v) is 2.92. The predicted octanol–water partition coefficient (Wildman–Crippen LogP) is -0.886. The van der Waals surface area contributed by atoms with E-state index in [1.807, 2.05) is 4.98 Å². The summed E-state index contributed by atoms with van der Waals surface area (Å²) in [6.45, 7) is 0. The third-order valence-electron chi connectivity index (χ3n) is 0.789. The Morgan fingerprint density at radius 2 is 2.15 bits per heavy atom. The van der Waals surface area contributed by atoms with E-state index in [0.717, 1.165) is 6.20 Å². The molecule has 8 heteroatoms. The van der Waals surface area contributed by atoms with Crippen molar-refractivity contribution in [3.63, 3.8) is 0 Å². The third-order valence-corrected chi connectivity index (χ3v) is 0.789. The summed E-state index contributed by atoms with van der Waals surface area (Å²) in [6.07, 6.45) is -0.468. The molecule has 0 radical (unpaired) electrons. The van der Waals surface area contributed by atoms with Crippen molar-refractivity contribution in [2.45, 2.75) is 0 Å². The number of aromatic nitrogens is 2. The second-order valence-corrected chi connectivity index (χ2v) is 1.78. The molecule has 72 valence electrons. The van der Waals surface area contributed by atoms with Crippen LogP contribution < -0.4 is 17.2 Å². The number of nitrogen functional groups attached to an aromatic ring is 1. The van der Waals surface area contributed by atoms with Gasteiger partial charge in [0.25, 0.3) is 0 Å². The second kappa shape index (κ2) is 4.70. The molecule has 0 aromatic carbocycles. The van der Waals surface area contributed by atoms with Crippen LogP contribution in [0.15, 0.2) is 11.0 Å². The Kier molecular flexibility index (Phi) is 3.93. The number of halogens is 1. The molecule has 0 spiro atoms. The van der Waals surface area contributed by atoms with Crippen LogP contribution in [0.5, 0.6) is 0 Å². The number of nitrogens with zero attached hydrogens (tertiary/aromatic N) is 1. The summed E-state index contributed by atoms with van der Waals surface area (Å²) in [6, 6.07) is 0. The molecule has 1 aromatic rings. The average Bonchev–Trinajstić information content (AvgIpc) is 1.96. The van der Waals surface area contributed by atoms with Crippen molar-refractivity contribution in [1.82, 2.24) is 9.97 Å². The van der Waals surface area contributed by atoms with Crippen molar-refractivity contribution in [3.8, 4) is 0 Å². The minimum atomic E-state index is -1.33. The topological polar surface area (TPSA) is 135 Å². The van der Waals surface area contributed by atoms with Crippen molar-refractivity contribution < 1.29 is 14.3 Å². The number of anilines is 1. The summed E-state index contributed by atoms with van der Waals surface area (Å²) in [5.41, 5.74) is 8.30. The van der Waals surface area contributed by atoms with Gasteiger partial charge in [0.1, 0.15) is 0 Å². The molecule has 1 rings (SSSR count). The van der Waals surface area contributed by atoms with E-state index in [4.69, 9.17) is 15.6 Å². The van der Waals surface area contributed by atoms with E-state index < -0.39 is 17.6 Å². The Hall–Kier alpha value is -2.12. The van der Waals surface area contributed by atoms with Gasteiger partial charge in [-0.1, -0.05) is 0 Å². The van der Waals surface area contributed by atoms with Gasteiger partial charge < -0.3 is 21.6 Å². The predicted molar refractivity (Wildman–Crippen MR) is 41.4 cm³/mol. The average molecular weight is 190 g/mol. The monoisotopic (exact) mass is 190 g/mol. The molecule has 0 bridgehead atoms. The lowest BCUT2D eigenvalue weighted by Crippen LogP contribution is -2.12. The van der Waals surface area contributed by atoms with Gasteiger partial charge in [-0.05, 0) is 0 Å². The number of nitrogens with one attached hydrogen (secondary N) is 1. The number of nitrogens with two attached hydrogens (primary N) is 2. The smallest absolute Gasteiger partial charge is 0.402 e. The quantitative estimate of drug-likeness (QED) is 0.421. The number of amides is 1. The SMILES string of the molecule is NC(=O)O.Nc1nc(=O)[nH]cc1F. The van der Waals surface area contributed by atoms with Crippen LogP contribution in [0.25, 0.3) is 0 Å². The number of carbonyl (C=O) groups is 1. The standard InChI is InChI=1S/C4H4FN3O.CH3NO2/c5-2-1-7-4(9)8-3(2)6;2-1(3)4/h1H,(H3,6,7,8,9);2H2,(H,3,4). The molecule has 1 heterocycles. The summed E-state index contributed by atoms with van der Waals surface area (Å²) in [5, 5.41) is 7.19. The van der Waals surface area contributed by atoms with Gasteiger partial charge in [0.15, 0.2) is 11.6 Å². The van der Waals surface area contributed by atoms with Gasteiger partial charge in [-0.3, -0.25) is 0 Å². The molecular formula is C5H7FN4O3. The van der Waals surface area contributed by atoms with Crippen molar-refractivity contribution in [2.75, 3.05) is 5.73 Å². The Morgan fingerprint density at radius 1 is 1.69 bits per heavy atom. The highest BCUT2D eigenvalue weighted by Crippen LogP contribution is 1.96. The van der Waals surface area contributed by atoms with E-state index in [2.05, 4.69) is 10.7 Å². The summed E-state index contributed by atoms with van der Waals surface area (Å²) in [7, 11) is 0. The number of aromatic amines is 1. The van der Waals surface area contributed by atoms with E-state index >= 15 is 0 Å². The lowest BCUT2D eigenvalue weighted by Gasteiger charge is -1.88. The highest BCUT2D eigenvalue weighted by atomic mass is 19.1. The van der Waals surface area contributed by atoms with E-state index in [0.29, 0.717) is 0 Å². The lowest BCUT2D eigenvalue weighted by atomic mass is 10.6. The van der Waals surface area contributed by atoms with Crippen molar-refractivity contribution in [3.05, 3.63) is 22.5 Å². The summed E-state index contributed by atoms with van der Waals surface area (Å²) < 4.78 is 12.1. The van der Waals surface area contributed by atoms with E-state index in [1.54, 1.807) is 0 Å². The number of rotatable bonds is 0. The molecule has 0 atom stereocenters. The van der Waals surface area contributed by atoms with Gasteiger partial charge in [0.2, 0.25) is 0 Å². The molecule has 1 aromatic heterocycles. The molecule has 0 saturated carbocycles. The molecule has 0 unspecified atom stereocenters. The maximum Gasteiger partial charge on any atom is 0.402 e. The van der Waals surface area contributed by atoms with Gasteiger partial charge in [0.05, 0.1) is 0 Å². The van der Waals surface area contributed by atoms with Gasteiger partial charge in [0, 0.05) is 6.20 Å². The summed E-state index contributed by atoms with van der Waals surface area (Å²) in [5.74, 6) is -1.09. The lowest BCUT2D eigenvalue weighted by molar-refractivity contribution is 0.205. The Labute approximate surface area is 71.2 Å². The van der Waals surface area contributed by atoms with Crippen LogP contribution >= 0.6 is 0 Å². The molecule has 1 amide bonds. The number of H-pyrrole nitrogens is 1. The van der Waals surface area contributed by atoms with Crippen LogP contribution in [0, 0.1) is 5.82 Å². The van der Waals surface area contributed by atoms with E-state index in [-0.39, 0.29) is 5.82 Å². The largest absolute Gasteiger partial charge is 0.465 e. The maximum absolute atomic E-state index is 12.1. The minimum Gasteiger partial charge on any atom is -0.465 e. The molecular weight excluding hydrogens is 183 g/mol. The highest BCUT2D eigenvalue weighted by molar-refractivity contribution is 5.61. The molecule has 7 nitrogen and oxygen atoms in total. The van der Waals surface area contributed by atoms with Gasteiger partial charge in [-0.15, -0.1) is 0 Å². The van der Waals surface area contributed by atoms with Crippen LogP contribution in [0.2, 0.25) is 0 Å². The molecule has 13 heavy (non-hydrogen) atoms. The first-order chi connectivity index (χ1) is 5.93. The fourth-order valence-corrected chi connectivity index (χ4v) is 0.394. The van der Waals surface area contributed by atoms with Crippen LogP contribution in [0.1, 0.15) is 0 Å². The van der Waals surface area contributed by atoms with Crippen LogP contribution in [-0.4, -0.2) is 21.2 Å². The number of carboxylic acid groups (broad SMARTS) is 1. The second-order valence-electron chi connectivity index (χ2n) is 1.78. The molecule has 0 aliphatic heterocycles. The van der Waals surface area contributed by atoms with Crippen molar-refractivity contribution in [2.24, 2.45) is 5.73 Å². The minimum absolute atomic E-state index is 0.376. The highest BCUT2D eigenvalue weighted by Gasteiger charge is 1.96. The number of primary amides is 1. The van der Waals surface area contributed by atoms with Crippen molar-refractivity contribution >= 4 is 11.9 Å². The number of hydrogen-bond acceptors (Lipinski definition) is 4. The molecule has 0 aliphatic rings. The van der Waals surface area contributed by atoms with Crippen LogP contribution in [0.3, 0.4) is 0 Å². The van der Waals surface area contributed by atoms with Gasteiger partial charge in [-0.25, -0.2) is 14.0 Å². The van der Waals surface area contributed by atoms with E-state index in [9.17, 15) is 9.18 Å². The summed E-state index contributed by atoms with van der Waals surface area (Å²) in [4.78, 5) is 24.1. The van der Waals surface area contributed by atoms with Gasteiger partial charge in [-0.2, -0.15) is 4.98 Å². The zero-order chi connectivity index (χ0) is 10.4. The molecule has 0 saturated heterocycles. The molecule has 0 aliphatic carbocycles. The zero-order valence-electron chi connectivity index (χ0n) is 6.32. The van der Waals surface area contributed by atoms with E-state index in [1.165, 1.54) is 0 Å². The van der Waals surface area contributed by atoms with Crippen LogP contribution in [-0.2, 0) is 0 Å². The molecule has 6 N–H and O–H groups in total. The molecule has 0 fully saturated rings. The maximum atomic E-state index is 12.1. The first kappa shape index (κ1) is 10.9. The Balaban J connectivity index is 0.000000310.